The number of aryl methyl sites for hydroxylation is 1. The maximum absolute atomic E-state index is 5.46. The summed E-state index contributed by atoms with van der Waals surface area (Å²) in [6.45, 7) is 2.11. The first-order chi connectivity index (χ1) is 9.15. The second kappa shape index (κ2) is 6.55. The monoisotopic (exact) mass is 339 g/mol. The molecule has 19 heavy (non-hydrogen) atoms. The highest BCUT2D eigenvalue weighted by atomic mass is 79.9. The lowest BCUT2D eigenvalue weighted by molar-refractivity contribution is 0.406. The Morgan fingerprint density at radius 1 is 1.37 bits per heavy atom. The van der Waals surface area contributed by atoms with Crippen LogP contribution in [0.25, 0.3) is 0 Å². The quantitative estimate of drug-likeness (QED) is 0.875. The molecule has 0 aliphatic heterocycles. The predicted molar refractivity (Wildman–Crippen MR) is 85.3 cm³/mol. The third-order valence-electron chi connectivity index (χ3n) is 3.17. The van der Waals surface area contributed by atoms with E-state index in [0.717, 1.165) is 12.2 Å². The smallest absolute Gasteiger partial charge is 0.122 e. The van der Waals surface area contributed by atoms with E-state index < -0.39 is 0 Å². The van der Waals surface area contributed by atoms with Crippen LogP contribution in [0.2, 0.25) is 0 Å². The Balaban J connectivity index is 2.28. The number of benzene rings is 1. The number of thiophene rings is 1. The van der Waals surface area contributed by atoms with Crippen LogP contribution in [0.1, 0.15) is 22.0 Å². The van der Waals surface area contributed by atoms with Gasteiger partial charge >= 0.3 is 0 Å². The van der Waals surface area contributed by atoms with Gasteiger partial charge in [0.25, 0.3) is 0 Å². The molecule has 0 saturated heterocycles. The molecule has 0 aliphatic carbocycles. The Morgan fingerprint density at radius 2 is 2.16 bits per heavy atom. The normalized spacial score (nSPS) is 12.4. The highest BCUT2D eigenvalue weighted by molar-refractivity contribution is 9.10. The summed E-state index contributed by atoms with van der Waals surface area (Å²) < 4.78 is 6.63. The topological polar surface area (TPSA) is 21.3 Å². The number of likely N-dealkylation sites (N-methyl/N-ethyl adjacent to an activating group) is 1. The first-order valence-electron chi connectivity index (χ1n) is 6.19. The molecule has 0 fully saturated rings. The maximum Gasteiger partial charge on any atom is 0.122 e. The zero-order valence-corrected chi connectivity index (χ0v) is 13.8. The van der Waals surface area contributed by atoms with E-state index in [9.17, 15) is 0 Å². The molecule has 0 radical (unpaired) electrons. The summed E-state index contributed by atoms with van der Waals surface area (Å²) in [4.78, 5) is 1.33. The first-order valence-corrected chi connectivity index (χ1v) is 7.86. The molecule has 0 aliphatic rings. The van der Waals surface area contributed by atoms with Gasteiger partial charge in [-0.05, 0) is 59.4 Å². The fourth-order valence-corrected chi connectivity index (χ4v) is 3.93. The molecule has 1 heterocycles. The van der Waals surface area contributed by atoms with Crippen molar-refractivity contribution in [1.29, 1.82) is 0 Å². The minimum absolute atomic E-state index is 0.296. The molecule has 0 spiro atoms. The summed E-state index contributed by atoms with van der Waals surface area (Å²) in [5, 5.41) is 5.50. The van der Waals surface area contributed by atoms with Gasteiger partial charge in [0.05, 0.1) is 7.11 Å². The molecular weight excluding hydrogens is 322 g/mol. The lowest BCUT2D eigenvalue weighted by Crippen LogP contribution is -2.18. The first kappa shape index (κ1) is 14.6. The van der Waals surface area contributed by atoms with Crippen LogP contribution in [-0.2, 0) is 6.42 Å². The van der Waals surface area contributed by atoms with Gasteiger partial charge in [0.1, 0.15) is 5.75 Å². The Labute approximate surface area is 126 Å². The van der Waals surface area contributed by atoms with E-state index in [1.54, 1.807) is 18.4 Å². The van der Waals surface area contributed by atoms with Gasteiger partial charge in [-0.3, -0.25) is 0 Å². The van der Waals surface area contributed by atoms with Crippen LogP contribution >= 0.6 is 27.3 Å². The number of nitrogens with one attached hydrogen (secondary N) is 1. The number of rotatable bonds is 5. The van der Waals surface area contributed by atoms with E-state index in [0.29, 0.717) is 6.04 Å². The number of ether oxygens (including phenoxy) is 1. The molecule has 102 valence electrons. The lowest BCUT2D eigenvalue weighted by atomic mass is 10.0. The van der Waals surface area contributed by atoms with Gasteiger partial charge in [-0.2, -0.15) is 0 Å². The number of methoxy groups -OCH3 is 1. The second-order valence-electron chi connectivity index (χ2n) is 4.49. The van der Waals surface area contributed by atoms with E-state index in [-0.39, 0.29) is 0 Å². The predicted octanol–water partition coefficient (Wildman–Crippen LogP) is 4.33. The van der Waals surface area contributed by atoms with Gasteiger partial charge < -0.3 is 10.1 Å². The molecule has 0 bridgehead atoms. The minimum Gasteiger partial charge on any atom is -0.496 e. The molecular formula is C15H18BrNOS. The lowest BCUT2D eigenvalue weighted by Gasteiger charge is -2.18. The molecule has 1 atom stereocenters. The molecule has 0 saturated carbocycles. The molecule has 4 heteroatoms. The van der Waals surface area contributed by atoms with E-state index in [4.69, 9.17) is 4.74 Å². The van der Waals surface area contributed by atoms with Crippen molar-refractivity contribution < 1.29 is 4.74 Å². The highest BCUT2D eigenvalue weighted by Gasteiger charge is 2.16. The fourth-order valence-electron chi connectivity index (χ4n) is 2.17. The van der Waals surface area contributed by atoms with Crippen LogP contribution in [0.4, 0.5) is 0 Å². The summed E-state index contributed by atoms with van der Waals surface area (Å²) in [5.41, 5.74) is 2.50. The van der Waals surface area contributed by atoms with Crippen LogP contribution in [0.3, 0.4) is 0 Å². The molecule has 1 aromatic heterocycles. The summed E-state index contributed by atoms with van der Waals surface area (Å²) in [5.74, 6) is 0.957. The molecule has 1 unspecified atom stereocenters. The Morgan fingerprint density at radius 3 is 2.74 bits per heavy atom. The van der Waals surface area contributed by atoms with Crippen molar-refractivity contribution in [3.63, 3.8) is 0 Å². The largest absolute Gasteiger partial charge is 0.496 e. The van der Waals surface area contributed by atoms with Crippen molar-refractivity contribution in [3.05, 3.63) is 50.1 Å². The minimum atomic E-state index is 0.296. The SMILES string of the molecule is CNC(Cc1cc(C)ccc1OC)c1sccc1Br. The van der Waals surface area contributed by atoms with Gasteiger partial charge in [-0.25, -0.2) is 0 Å². The van der Waals surface area contributed by atoms with Crippen molar-refractivity contribution in [2.45, 2.75) is 19.4 Å². The molecule has 0 amide bonds. The molecule has 2 aromatic rings. The van der Waals surface area contributed by atoms with Gasteiger partial charge in [0.15, 0.2) is 0 Å². The average Bonchev–Trinajstić information content (AvgIpc) is 2.82. The molecule has 2 nitrogen and oxygen atoms in total. The maximum atomic E-state index is 5.46. The number of halogens is 1. The Kier molecular flexibility index (Phi) is 5.02. The zero-order chi connectivity index (χ0) is 13.8. The van der Waals surface area contributed by atoms with Gasteiger partial charge in [0.2, 0.25) is 0 Å². The number of hydrogen-bond donors (Lipinski definition) is 1. The van der Waals surface area contributed by atoms with E-state index in [2.05, 4.69) is 51.7 Å². The number of hydrogen-bond acceptors (Lipinski definition) is 3. The summed E-state index contributed by atoms with van der Waals surface area (Å²) in [6, 6.07) is 8.71. The van der Waals surface area contributed by atoms with E-state index in [1.165, 1.54) is 20.5 Å². The average molecular weight is 340 g/mol. The summed E-state index contributed by atoms with van der Waals surface area (Å²) in [6.07, 6.45) is 0.917. The fraction of sp³-hybridized carbons (Fsp3) is 0.333. The molecule has 1 aromatic carbocycles. The Bertz CT molecular complexity index is 553. The third-order valence-corrected chi connectivity index (χ3v) is 5.15. The van der Waals surface area contributed by atoms with Gasteiger partial charge in [-0.1, -0.05) is 17.7 Å². The van der Waals surface area contributed by atoms with Crippen molar-refractivity contribution in [1.82, 2.24) is 5.32 Å². The zero-order valence-electron chi connectivity index (χ0n) is 11.4. The van der Waals surface area contributed by atoms with E-state index in [1.807, 2.05) is 13.1 Å². The van der Waals surface area contributed by atoms with Crippen LogP contribution in [0.5, 0.6) is 5.75 Å². The van der Waals surface area contributed by atoms with Crippen molar-refractivity contribution in [3.8, 4) is 5.75 Å². The standard InChI is InChI=1S/C15H18BrNOS/c1-10-4-5-14(18-3)11(8-10)9-13(17-2)15-12(16)6-7-19-15/h4-8,13,17H,9H2,1-3H3. The summed E-state index contributed by atoms with van der Waals surface area (Å²) in [7, 11) is 3.72. The van der Waals surface area contributed by atoms with Crippen molar-refractivity contribution in [2.24, 2.45) is 0 Å². The van der Waals surface area contributed by atoms with E-state index >= 15 is 0 Å². The van der Waals surface area contributed by atoms with Crippen LogP contribution in [-0.4, -0.2) is 14.2 Å². The van der Waals surface area contributed by atoms with Crippen LogP contribution in [0, 0.1) is 6.92 Å². The van der Waals surface area contributed by atoms with Crippen molar-refractivity contribution >= 4 is 27.3 Å². The van der Waals surface area contributed by atoms with Gasteiger partial charge in [-0.15, -0.1) is 11.3 Å². The van der Waals surface area contributed by atoms with Crippen molar-refractivity contribution in [2.75, 3.05) is 14.2 Å². The van der Waals surface area contributed by atoms with Gasteiger partial charge in [0, 0.05) is 15.4 Å². The molecule has 1 N–H and O–H groups in total. The third kappa shape index (κ3) is 3.38. The molecule has 2 rings (SSSR count). The van der Waals surface area contributed by atoms with Crippen LogP contribution in [0.15, 0.2) is 34.1 Å². The second-order valence-corrected chi connectivity index (χ2v) is 6.30. The highest BCUT2D eigenvalue weighted by Crippen LogP contribution is 2.33. The summed E-state index contributed by atoms with van der Waals surface area (Å²) >= 11 is 5.38. The Hall–Kier alpha value is -0.840. The van der Waals surface area contributed by atoms with Crippen LogP contribution < -0.4 is 10.1 Å².